The van der Waals surface area contributed by atoms with E-state index < -0.39 is 0 Å². The summed E-state index contributed by atoms with van der Waals surface area (Å²) in [6.07, 6.45) is 10.3. The van der Waals surface area contributed by atoms with Crippen molar-refractivity contribution in [2.24, 2.45) is 5.41 Å². The minimum absolute atomic E-state index is 0.0530. The summed E-state index contributed by atoms with van der Waals surface area (Å²) < 4.78 is 10.00. The van der Waals surface area contributed by atoms with Crippen molar-refractivity contribution in [3.63, 3.8) is 0 Å². The Balaban J connectivity index is 1.36. The van der Waals surface area contributed by atoms with Gasteiger partial charge in [0.05, 0.1) is 37.4 Å². The van der Waals surface area contributed by atoms with Gasteiger partial charge in [0.15, 0.2) is 0 Å². The van der Waals surface area contributed by atoms with Crippen molar-refractivity contribution in [3.8, 4) is 0 Å². The van der Waals surface area contributed by atoms with E-state index in [1.54, 1.807) is 0 Å². The number of esters is 2. The number of fused-ring (bicyclic) bond motifs is 1. The number of carbonyl (C=O) groups excluding carboxylic acids is 2. The summed E-state index contributed by atoms with van der Waals surface area (Å²) in [6.45, 7) is 0. The molecule has 1 saturated carbocycles. The second-order valence-corrected chi connectivity index (χ2v) is 11.7. The highest BCUT2D eigenvalue weighted by Crippen LogP contribution is 2.54. The topological polar surface area (TPSA) is 65.5 Å². The number of ether oxygens (including phenoxy) is 2. The number of nitrogens with zero attached hydrogens (tertiary/aromatic N) is 1. The molecule has 4 aromatic rings. The van der Waals surface area contributed by atoms with Gasteiger partial charge in [0.1, 0.15) is 0 Å². The largest absolute Gasteiger partial charge is 0.469 e. The van der Waals surface area contributed by atoms with E-state index in [0.717, 1.165) is 66.2 Å². The van der Waals surface area contributed by atoms with E-state index in [1.807, 2.05) is 54.6 Å². The van der Waals surface area contributed by atoms with Crippen LogP contribution in [0.1, 0.15) is 77.2 Å². The smallest absolute Gasteiger partial charge is 0.338 e. The summed E-state index contributed by atoms with van der Waals surface area (Å²) in [4.78, 5) is 29.2. The molecule has 0 aliphatic heterocycles. The average molecular weight is 582 g/mol. The average Bonchev–Trinajstić information content (AvgIpc) is 3.78. The van der Waals surface area contributed by atoms with E-state index in [4.69, 9.17) is 26.1 Å². The van der Waals surface area contributed by atoms with Gasteiger partial charge in [-0.3, -0.25) is 4.79 Å². The fraction of sp³-hybridized carbons (Fsp3) is 0.306. The first kappa shape index (κ1) is 29.5. The first-order valence-corrected chi connectivity index (χ1v) is 14.8. The molecule has 0 amide bonds. The van der Waals surface area contributed by atoms with Gasteiger partial charge in [-0.15, -0.1) is 0 Å². The number of methoxy groups -OCH3 is 2. The lowest BCUT2D eigenvalue weighted by atomic mass is 9.83. The molecule has 1 heterocycles. The zero-order valence-electron chi connectivity index (χ0n) is 24.1. The van der Waals surface area contributed by atoms with Crippen LogP contribution in [0.3, 0.4) is 0 Å². The van der Waals surface area contributed by atoms with Crippen LogP contribution in [-0.4, -0.2) is 31.1 Å². The highest BCUT2D eigenvalue weighted by molar-refractivity contribution is 6.31. The van der Waals surface area contributed by atoms with Crippen molar-refractivity contribution >= 4 is 46.6 Å². The van der Waals surface area contributed by atoms with Gasteiger partial charge >= 0.3 is 11.9 Å². The summed E-state index contributed by atoms with van der Waals surface area (Å²) >= 11 is 6.17. The second kappa shape index (κ2) is 13.3. The van der Waals surface area contributed by atoms with E-state index in [0.29, 0.717) is 17.0 Å². The molecule has 0 bridgehead atoms. The molecule has 1 atom stereocenters. The molecule has 0 N–H and O–H groups in total. The Bertz CT molecular complexity index is 1610. The quantitative estimate of drug-likeness (QED) is 0.157. The predicted octanol–water partition coefficient (Wildman–Crippen LogP) is 8.69. The summed E-state index contributed by atoms with van der Waals surface area (Å²) in [5.41, 5.74) is 5.73. The molecule has 0 saturated heterocycles. The van der Waals surface area contributed by atoms with Gasteiger partial charge in [-0.05, 0) is 96.9 Å². The number of aryl methyl sites for hydroxylation is 1. The van der Waals surface area contributed by atoms with Crippen molar-refractivity contribution in [2.75, 3.05) is 14.2 Å². The lowest BCUT2D eigenvalue weighted by Gasteiger charge is -2.22. The summed E-state index contributed by atoms with van der Waals surface area (Å²) in [6, 6.07) is 26.1. The Morgan fingerprint density at radius 2 is 1.74 bits per heavy atom. The van der Waals surface area contributed by atoms with Crippen molar-refractivity contribution in [1.82, 2.24) is 4.98 Å². The molecule has 1 aliphatic rings. The molecule has 0 unspecified atom stereocenters. The number of hydrogen-bond donors (Lipinski definition) is 0. The van der Waals surface area contributed by atoms with Crippen LogP contribution in [0.2, 0.25) is 5.02 Å². The van der Waals surface area contributed by atoms with Gasteiger partial charge in [0, 0.05) is 10.4 Å². The predicted molar refractivity (Wildman–Crippen MR) is 169 cm³/mol. The van der Waals surface area contributed by atoms with Crippen molar-refractivity contribution in [2.45, 2.75) is 50.9 Å². The Morgan fingerprint density at radius 1 is 0.929 bits per heavy atom. The number of benzene rings is 3. The Morgan fingerprint density at radius 3 is 2.52 bits per heavy atom. The fourth-order valence-electron chi connectivity index (χ4n) is 5.70. The van der Waals surface area contributed by atoms with Crippen molar-refractivity contribution in [1.29, 1.82) is 0 Å². The Kier molecular flexibility index (Phi) is 9.38. The molecule has 0 radical (unpaired) electrons. The third kappa shape index (κ3) is 7.46. The molecule has 3 aromatic carbocycles. The highest BCUT2D eigenvalue weighted by Gasteiger charge is 2.44. The van der Waals surface area contributed by atoms with Crippen molar-refractivity contribution in [3.05, 3.63) is 112 Å². The normalized spacial score (nSPS) is 14.5. The first-order valence-electron chi connectivity index (χ1n) is 14.5. The molecule has 5 rings (SSSR count). The molecule has 0 spiro atoms. The van der Waals surface area contributed by atoms with E-state index in [9.17, 15) is 9.59 Å². The third-order valence-corrected chi connectivity index (χ3v) is 8.65. The van der Waals surface area contributed by atoms with Crippen LogP contribution in [-0.2, 0) is 20.7 Å². The van der Waals surface area contributed by atoms with E-state index >= 15 is 0 Å². The van der Waals surface area contributed by atoms with Gasteiger partial charge in [-0.25, -0.2) is 9.78 Å². The van der Waals surface area contributed by atoms with Gasteiger partial charge < -0.3 is 9.47 Å². The molecule has 5 nitrogen and oxygen atoms in total. The fourth-order valence-corrected chi connectivity index (χ4v) is 5.87. The number of carbonyl (C=O) groups is 2. The Hall–Kier alpha value is -3.96. The zero-order chi connectivity index (χ0) is 29.5. The van der Waals surface area contributed by atoms with Crippen LogP contribution in [0.5, 0.6) is 0 Å². The molecule has 1 aromatic heterocycles. The minimum atomic E-state index is -0.311. The van der Waals surface area contributed by atoms with E-state index in [-0.39, 0.29) is 23.3 Å². The maximum absolute atomic E-state index is 12.4. The lowest BCUT2D eigenvalue weighted by Crippen LogP contribution is -2.13. The number of aromatic nitrogens is 1. The molecule has 216 valence electrons. The van der Waals surface area contributed by atoms with Crippen LogP contribution >= 0.6 is 11.6 Å². The number of halogens is 1. The summed E-state index contributed by atoms with van der Waals surface area (Å²) in [5, 5.41) is 1.72. The minimum Gasteiger partial charge on any atom is -0.469 e. The highest BCUT2D eigenvalue weighted by atomic mass is 35.5. The summed E-state index contributed by atoms with van der Waals surface area (Å²) in [7, 11) is 2.88. The molecular formula is C36H36ClNO4. The van der Waals surface area contributed by atoms with Crippen molar-refractivity contribution < 1.29 is 19.1 Å². The van der Waals surface area contributed by atoms with Crippen LogP contribution in [0, 0.1) is 5.41 Å². The van der Waals surface area contributed by atoms with Crippen LogP contribution in [0.4, 0.5) is 0 Å². The number of pyridine rings is 1. The van der Waals surface area contributed by atoms with Crippen LogP contribution in [0.25, 0.3) is 23.1 Å². The SMILES string of the molecule is COC(=O)CC1(CC[C@H](CCc2ccccc2C(=O)OC)c2cccc(/C=C/c3ccc4ccc(Cl)cc4n3)c2)CC1. The van der Waals surface area contributed by atoms with Gasteiger partial charge in [0.25, 0.3) is 0 Å². The Labute approximate surface area is 252 Å². The molecular weight excluding hydrogens is 546 g/mol. The lowest BCUT2D eigenvalue weighted by molar-refractivity contribution is -0.142. The van der Waals surface area contributed by atoms with Gasteiger partial charge in [0.2, 0.25) is 0 Å². The first-order chi connectivity index (χ1) is 20.4. The maximum Gasteiger partial charge on any atom is 0.338 e. The van der Waals surface area contributed by atoms with Crippen LogP contribution in [0.15, 0.2) is 78.9 Å². The molecule has 1 aliphatic carbocycles. The van der Waals surface area contributed by atoms with Gasteiger partial charge in [-0.1, -0.05) is 72.3 Å². The number of hydrogen-bond acceptors (Lipinski definition) is 5. The standard InChI is InChI=1S/C36H36ClNO4/c1-41-34(39)24-36(20-21-36)19-18-26(11-12-27-7-3-4-9-32(27)35(40)42-2)29-8-5-6-25(22-29)10-16-31-17-14-28-13-15-30(37)23-33(28)38-31/h3-10,13-17,22-23,26H,11-12,18-21,24H2,1-2H3/b16-10+/t26-/m0/s1. The van der Waals surface area contributed by atoms with Crippen LogP contribution < -0.4 is 0 Å². The van der Waals surface area contributed by atoms with E-state index in [2.05, 4.69) is 36.4 Å². The summed E-state index contributed by atoms with van der Waals surface area (Å²) in [5.74, 6) is -0.179. The molecule has 42 heavy (non-hydrogen) atoms. The maximum atomic E-state index is 12.4. The zero-order valence-corrected chi connectivity index (χ0v) is 24.9. The molecule has 6 heteroatoms. The van der Waals surface area contributed by atoms with E-state index in [1.165, 1.54) is 19.8 Å². The molecule has 1 fully saturated rings. The monoisotopic (exact) mass is 581 g/mol. The van der Waals surface area contributed by atoms with Gasteiger partial charge in [-0.2, -0.15) is 0 Å². The number of rotatable bonds is 12. The second-order valence-electron chi connectivity index (χ2n) is 11.3. The third-order valence-electron chi connectivity index (χ3n) is 8.42.